The summed E-state index contributed by atoms with van der Waals surface area (Å²) >= 11 is 6.20. The second-order valence-electron chi connectivity index (χ2n) is 4.45. The summed E-state index contributed by atoms with van der Waals surface area (Å²) < 4.78 is 5.34. The van der Waals surface area contributed by atoms with Crippen molar-refractivity contribution < 1.29 is 4.74 Å². The van der Waals surface area contributed by atoms with Crippen LogP contribution in [0.1, 0.15) is 17.5 Å². The molecule has 1 atom stereocenters. The van der Waals surface area contributed by atoms with Gasteiger partial charge in [-0.1, -0.05) is 11.6 Å². The molecule has 1 aliphatic rings. The van der Waals surface area contributed by atoms with Crippen molar-refractivity contribution in [2.24, 2.45) is 11.5 Å². The molecule has 88 valence electrons. The normalized spacial score (nSPS) is 24.0. The van der Waals surface area contributed by atoms with E-state index in [2.05, 4.69) is 0 Å². The molecule has 0 heterocycles. The Kier molecular flexibility index (Phi) is 3.10. The maximum Gasteiger partial charge on any atom is 0.122 e. The molecule has 1 aromatic carbocycles. The van der Waals surface area contributed by atoms with Gasteiger partial charge in [0.05, 0.1) is 7.11 Å². The van der Waals surface area contributed by atoms with Gasteiger partial charge in [0.25, 0.3) is 0 Å². The van der Waals surface area contributed by atoms with Crippen LogP contribution < -0.4 is 16.2 Å². The minimum atomic E-state index is -0.316. The fourth-order valence-corrected chi connectivity index (χ4v) is 2.53. The van der Waals surface area contributed by atoms with E-state index < -0.39 is 0 Å². The van der Waals surface area contributed by atoms with E-state index in [1.807, 2.05) is 12.1 Å². The number of fused-ring (bicyclic) bond motifs is 1. The molecule has 0 bridgehead atoms. The van der Waals surface area contributed by atoms with E-state index in [0.717, 1.165) is 35.6 Å². The van der Waals surface area contributed by atoms with Gasteiger partial charge in [-0.2, -0.15) is 0 Å². The van der Waals surface area contributed by atoms with Crippen molar-refractivity contribution >= 4 is 11.6 Å². The summed E-state index contributed by atoms with van der Waals surface area (Å²) in [6, 6.07) is 3.77. The average molecular weight is 241 g/mol. The van der Waals surface area contributed by atoms with Crippen LogP contribution >= 0.6 is 11.6 Å². The van der Waals surface area contributed by atoms with Gasteiger partial charge in [0.1, 0.15) is 5.75 Å². The Bertz CT molecular complexity index is 408. The number of hydrogen-bond acceptors (Lipinski definition) is 3. The molecule has 0 saturated heterocycles. The number of methoxy groups -OCH3 is 1. The van der Waals surface area contributed by atoms with E-state index >= 15 is 0 Å². The zero-order chi connectivity index (χ0) is 11.8. The minimum Gasteiger partial charge on any atom is -0.496 e. The monoisotopic (exact) mass is 240 g/mol. The summed E-state index contributed by atoms with van der Waals surface area (Å²) in [6.07, 6.45) is 2.49. The molecule has 0 aliphatic heterocycles. The van der Waals surface area contributed by atoms with Gasteiger partial charge in [-0.3, -0.25) is 0 Å². The van der Waals surface area contributed by atoms with Crippen LogP contribution in [0.15, 0.2) is 12.1 Å². The fourth-order valence-electron chi connectivity index (χ4n) is 2.29. The third kappa shape index (κ3) is 1.90. The lowest BCUT2D eigenvalue weighted by molar-refractivity contribution is 0.364. The zero-order valence-electron chi connectivity index (χ0n) is 9.42. The zero-order valence-corrected chi connectivity index (χ0v) is 10.2. The van der Waals surface area contributed by atoms with Crippen molar-refractivity contribution in [2.75, 3.05) is 13.7 Å². The van der Waals surface area contributed by atoms with Crippen molar-refractivity contribution in [3.8, 4) is 5.75 Å². The number of benzene rings is 1. The van der Waals surface area contributed by atoms with Crippen LogP contribution in [0.25, 0.3) is 0 Å². The second-order valence-corrected chi connectivity index (χ2v) is 4.86. The lowest BCUT2D eigenvalue weighted by Gasteiger charge is -2.34. The van der Waals surface area contributed by atoms with Gasteiger partial charge in [-0.25, -0.2) is 0 Å². The highest BCUT2D eigenvalue weighted by atomic mass is 35.5. The summed E-state index contributed by atoms with van der Waals surface area (Å²) in [5.41, 5.74) is 13.9. The van der Waals surface area contributed by atoms with Gasteiger partial charge in [-0.05, 0) is 42.5 Å². The van der Waals surface area contributed by atoms with E-state index in [4.69, 9.17) is 27.8 Å². The number of ether oxygens (including phenoxy) is 1. The van der Waals surface area contributed by atoms with Crippen molar-refractivity contribution in [1.82, 2.24) is 0 Å². The topological polar surface area (TPSA) is 61.3 Å². The van der Waals surface area contributed by atoms with Crippen LogP contribution in [0.3, 0.4) is 0 Å². The number of rotatable bonds is 2. The number of nitrogens with two attached hydrogens (primary N) is 2. The maximum atomic E-state index is 6.21. The summed E-state index contributed by atoms with van der Waals surface area (Å²) in [7, 11) is 1.68. The summed E-state index contributed by atoms with van der Waals surface area (Å²) in [6.45, 7) is 0.486. The van der Waals surface area contributed by atoms with E-state index in [1.165, 1.54) is 5.56 Å². The molecule has 1 aromatic rings. The average Bonchev–Trinajstić information content (AvgIpc) is 2.30. The van der Waals surface area contributed by atoms with Gasteiger partial charge >= 0.3 is 0 Å². The number of halogens is 1. The van der Waals surface area contributed by atoms with Gasteiger partial charge in [0, 0.05) is 17.1 Å². The lowest BCUT2D eigenvalue weighted by Crippen LogP contribution is -2.51. The van der Waals surface area contributed by atoms with Crippen LogP contribution in [0.5, 0.6) is 5.75 Å². The molecule has 4 N–H and O–H groups in total. The summed E-state index contributed by atoms with van der Waals surface area (Å²) in [5.74, 6) is 0.901. The predicted molar refractivity (Wildman–Crippen MR) is 66.0 cm³/mol. The molecule has 0 radical (unpaired) electrons. The van der Waals surface area contributed by atoms with Crippen molar-refractivity contribution in [3.63, 3.8) is 0 Å². The molecule has 0 spiro atoms. The Hall–Kier alpha value is -0.770. The lowest BCUT2D eigenvalue weighted by atomic mass is 9.78. The van der Waals surface area contributed by atoms with Crippen LogP contribution in [-0.2, 0) is 12.8 Å². The van der Waals surface area contributed by atoms with Gasteiger partial charge in [-0.15, -0.1) is 0 Å². The van der Waals surface area contributed by atoms with E-state index in [1.54, 1.807) is 7.11 Å². The molecule has 0 amide bonds. The molecular formula is C12H17ClN2O. The maximum absolute atomic E-state index is 6.21. The summed E-state index contributed by atoms with van der Waals surface area (Å²) in [5, 5.41) is 0.763. The first-order valence-corrected chi connectivity index (χ1v) is 5.80. The molecule has 3 nitrogen and oxygen atoms in total. The summed E-state index contributed by atoms with van der Waals surface area (Å²) in [4.78, 5) is 0. The Morgan fingerprint density at radius 2 is 2.19 bits per heavy atom. The standard InChI is InChI=1S/C12H17ClN2O/c1-16-11-3-2-10(13)9-6-12(15,7-14)5-4-8(9)11/h2-3H,4-7,14-15H2,1H3. The first-order valence-electron chi connectivity index (χ1n) is 5.43. The van der Waals surface area contributed by atoms with E-state index in [9.17, 15) is 0 Å². The molecule has 2 rings (SSSR count). The SMILES string of the molecule is COc1ccc(Cl)c2c1CCC(N)(CN)C2. The highest BCUT2D eigenvalue weighted by Gasteiger charge is 2.31. The van der Waals surface area contributed by atoms with Crippen LogP contribution in [0, 0.1) is 0 Å². The smallest absolute Gasteiger partial charge is 0.122 e. The van der Waals surface area contributed by atoms with Crippen LogP contribution in [0.4, 0.5) is 0 Å². The van der Waals surface area contributed by atoms with Crippen molar-refractivity contribution in [1.29, 1.82) is 0 Å². The highest BCUT2D eigenvalue weighted by molar-refractivity contribution is 6.31. The Morgan fingerprint density at radius 1 is 1.44 bits per heavy atom. The van der Waals surface area contributed by atoms with Gasteiger partial charge in [0.15, 0.2) is 0 Å². The Morgan fingerprint density at radius 3 is 2.81 bits per heavy atom. The van der Waals surface area contributed by atoms with Crippen molar-refractivity contribution in [2.45, 2.75) is 24.8 Å². The molecule has 0 saturated carbocycles. The Balaban J connectivity index is 2.45. The van der Waals surface area contributed by atoms with Gasteiger partial charge < -0.3 is 16.2 Å². The first-order chi connectivity index (χ1) is 7.59. The van der Waals surface area contributed by atoms with E-state index in [0.29, 0.717) is 6.54 Å². The predicted octanol–water partition coefficient (Wildman–Crippen LogP) is 1.49. The van der Waals surface area contributed by atoms with Crippen molar-refractivity contribution in [3.05, 3.63) is 28.3 Å². The van der Waals surface area contributed by atoms with Crippen LogP contribution in [-0.4, -0.2) is 19.2 Å². The minimum absolute atomic E-state index is 0.316. The van der Waals surface area contributed by atoms with Crippen LogP contribution in [0.2, 0.25) is 5.02 Å². The molecule has 0 fully saturated rings. The highest BCUT2D eigenvalue weighted by Crippen LogP contribution is 2.36. The number of hydrogen-bond donors (Lipinski definition) is 2. The quantitative estimate of drug-likeness (QED) is 0.824. The molecule has 4 heteroatoms. The largest absolute Gasteiger partial charge is 0.496 e. The van der Waals surface area contributed by atoms with Gasteiger partial charge in [0.2, 0.25) is 0 Å². The third-order valence-electron chi connectivity index (χ3n) is 3.36. The second kappa shape index (κ2) is 4.24. The Labute approximate surface area is 101 Å². The molecule has 16 heavy (non-hydrogen) atoms. The molecule has 1 aliphatic carbocycles. The molecule has 0 aromatic heterocycles. The first kappa shape index (κ1) is 11.7. The van der Waals surface area contributed by atoms with E-state index in [-0.39, 0.29) is 5.54 Å². The molecular weight excluding hydrogens is 224 g/mol. The fraction of sp³-hybridized carbons (Fsp3) is 0.500. The molecule has 1 unspecified atom stereocenters. The third-order valence-corrected chi connectivity index (χ3v) is 3.71.